The fourth-order valence-electron chi connectivity index (χ4n) is 3.40. The van der Waals surface area contributed by atoms with Crippen molar-refractivity contribution in [2.24, 2.45) is 5.16 Å². The first-order valence-corrected chi connectivity index (χ1v) is 9.41. The van der Waals surface area contributed by atoms with Crippen LogP contribution in [0.15, 0.2) is 53.7 Å². The van der Waals surface area contributed by atoms with Crippen molar-refractivity contribution in [1.82, 2.24) is 4.90 Å². The lowest BCUT2D eigenvalue weighted by Gasteiger charge is -2.34. The predicted octanol–water partition coefficient (Wildman–Crippen LogP) is 2.71. The summed E-state index contributed by atoms with van der Waals surface area (Å²) in [4.78, 5) is 22.4. The molecular weight excluding hydrogens is 359 g/mol. The van der Waals surface area contributed by atoms with E-state index < -0.39 is 6.10 Å². The van der Waals surface area contributed by atoms with E-state index in [0.717, 1.165) is 31.9 Å². The van der Waals surface area contributed by atoms with Crippen LogP contribution in [0, 0.1) is 5.82 Å². The molecule has 0 aromatic heterocycles. The Morgan fingerprint density at radius 1 is 1.14 bits per heavy atom. The molecule has 1 unspecified atom stereocenters. The Morgan fingerprint density at radius 3 is 2.61 bits per heavy atom. The molecule has 146 valence electrons. The summed E-state index contributed by atoms with van der Waals surface area (Å²) in [6.07, 6.45) is -0.398. The minimum absolute atomic E-state index is 0.262. The standard InChI is InChI=1S/C21H23FN4O2/c1-25-9-11-26(12-10-25)18-7-5-17(6-8-18)23-21(27)20-14-19(24-28-20)15-3-2-4-16(22)13-15/h2-8,13,20H,9-12,14H2,1H3,(H,23,27). The van der Waals surface area contributed by atoms with Gasteiger partial charge >= 0.3 is 0 Å². The number of hydrogen-bond donors (Lipinski definition) is 1. The molecule has 1 atom stereocenters. The van der Waals surface area contributed by atoms with Crippen molar-refractivity contribution in [1.29, 1.82) is 0 Å². The molecule has 2 aromatic rings. The van der Waals surface area contributed by atoms with Crippen molar-refractivity contribution < 1.29 is 14.0 Å². The molecule has 7 heteroatoms. The number of halogens is 1. The largest absolute Gasteiger partial charge is 0.382 e. The minimum atomic E-state index is -0.712. The summed E-state index contributed by atoms with van der Waals surface area (Å²) in [5.41, 5.74) is 3.07. The van der Waals surface area contributed by atoms with Crippen LogP contribution in [0.1, 0.15) is 12.0 Å². The van der Waals surface area contributed by atoms with Crippen LogP contribution in [0.4, 0.5) is 15.8 Å². The summed E-state index contributed by atoms with van der Waals surface area (Å²) in [5, 5.41) is 6.82. The van der Waals surface area contributed by atoms with Crippen LogP contribution in [0.5, 0.6) is 0 Å². The lowest BCUT2D eigenvalue weighted by atomic mass is 10.0. The first kappa shape index (κ1) is 18.4. The van der Waals surface area contributed by atoms with E-state index in [4.69, 9.17) is 4.84 Å². The molecule has 0 radical (unpaired) electrons. The van der Waals surface area contributed by atoms with Crippen molar-refractivity contribution in [3.8, 4) is 0 Å². The number of nitrogens with one attached hydrogen (secondary N) is 1. The van der Waals surface area contributed by atoms with E-state index >= 15 is 0 Å². The third-order valence-electron chi connectivity index (χ3n) is 5.12. The molecule has 4 rings (SSSR count). The number of likely N-dealkylation sites (N-methyl/N-ethyl adjacent to an activating group) is 1. The Balaban J connectivity index is 1.33. The van der Waals surface area contributed by atoms with Gasteiger partial charge in [0.25, 0.3) is 5.91 Å². The van der Waals surface area contributed by atoms with Crippen molar-refractivity contribution in [2.75, 3.05) is 43.4 Å². The molecular formula is C21H23FN4O2. The molecule has 28 heavy (non-hydrogen) atoms. The molecule has 1 fully saturated rings. The Kier molecular flexibility index (Phi) is 5.25. The smallest absolute Gasteiger partial charge is 0.268 e. The fraction of sp³-hybridized carbons (Fsp3) is 0.333. The van der Waals surface area contributed by atoms with Gasteiger partial charge in [0, 0.05) is 49.5 Å². The van der Waals surface area contributed by atoms with E-state index in [2.05, 4.69) is 27.3 Å². The number of amides is 1. The Morgan fingerprint density at radius 2 is 1.89 bits per heavy atom. The van der Waals surface area contributed by atoms with E-state index in [1.807, 2.05) is 24.3 Å². The maximum Gasteiger partial charge on any atom is 0.268 e. The lowest BCUT2D eigenvalue weighted by Crippen LogP contribution is -2.44. The minimum Gasteiger partial charge on any atom is -0.382 e. The van der Waals surface area contributed by atoms with Gasteiger partial charge in [-0.2, -0.15) is 0 Å². The molecule has 6 nitrogen and oxygen atoms in total. The number of anilines is 2. The third kappa shape index (κ3) is 4.14. The molecule has 1 saturated heterocycles. The summed E-state index contributed by atoms with van der Waals surface area (Å²) in [6, 6.07) is 14.0. The average Bonchev–Trinajstić information content (AvgIpc) is 3.20. The normalized spacial score (nSPS) is 19.9. The van der Waals surface area contributed by atoms with Gasteiger partial charge in [-0.1, -0.05) is 17.3 Å². The van der Waals surface area contributed by atoms with Gasteiger partial charge in [0.1, 0.15) is 5.82 Å². The first-order chi connectivity index (χ1) is 13.6. The average molecular weight is 382 g/mol. The van der Waals surface area contributed by atoms with Crippen LogP contribution in [0.25, 0.3) is 0 Å². The molecule has 2 heterocycles. The van der Waals surface area contributed by atoms with Gasteiger partial charge in [-0.25, -0.2) is 4.39 Å². The Labute approximate surface area is 163 Å². The monoisotopic (exact) mass is 382 g/mol. The van der Waals surface area contributed by atoms with Gasteiger partial charge in [-0.05, 0) is 43.4 Å². The molecule has 2 aliphatic heterocycles. The second-order valence-corrected chi connectivity index (χ2v) is 7.17. The van der Waals surface area contributed by atoms with Crippen molar-refractivity contribution in [3.63, 3.8) is 0 Å². The highest BCUT2D eigenvalue weighted by atomic mass is 19.1. The molecule has 0 aliphatic carbocycles. The van der Waals surface area contributed by atoms with E-state index in [-0.39, 0.29) is 11.7 Å². The van der Waals surface area contributed by atoms with Gasteiger partial charge in [-0.3, -0.25) is 4.79 Å². The van der Waals surface area contributed by atoms with E-state index in [9.17, 15) is 9.18 Å². The number of carbonyl (C=O) groups is 1. The number of benzene rings is 2. The highest BCUT2D eigenvalue weighted by molar-refractivity contribution is 6.06. The predicted molar refractivity (Wildman–Crippen MR) is 107 cm³/mol. The molecule has 0 bridgehead atoms. The van der Waals surface area contributed by atoms with Crippen LogP contribution in [0.2, 0.25) is 0 Å². The van der Waals surface area contributed by atoms with Gasteiger partial charge in [0.15, 0.2) is 0 Å². The van der Waals surface area contributed by atoms with E-state index in [1.54, 1.807) is 12.1 Å². The third-order valence-corrected chi connectivity index (χ3v) is 5.12. The quantitative estimate of drug-likeness (QED) is 0.884. The van der Waals surface area contributed by atoms with Crippen molar-refractivity contribution in [2.45, 2.75) is 12.5 Å². The van der Waals surface area contributed by atoms with Gasteiger partial charge in [0.05, 0.1) is 5.71 Å². The maximum atomic E-state index is 13.4. The second kappa shape index (κ2) is 7.98. The number of carbonyl (C=O) groups excluding carboxylic acids is 1. The molecule has 1 amide bonds. The number of nitrogens with zero attached hydrogens (tertiary/aromatic N) is 3. The van der Waals surface area contributed by atoms with Crippen LogP contribution in [-0.2, 0) is 9.63 Å². The van der Waals surface area contributed by atoms with Gasteiger partial charge in [0.2, 0.25) is 6.10 Å². The summed E-state index contributed by atoms with van der Waals surface area (Å²) in [7, 11) is 2.13. The molecule has 0 spiro atoms. The zero-order valence-electron chi connectivity index (χ0n) is 15.8. The number of rotatable bonds is 4. The molecule has 1 N–H and O–H groups in total. The topological polar surface area (TPSA) is 57.2 Å². The highest BCUT2D eigenvalue weighted by Crippen LogP contribution is 2.22. The van der Waals surface area contributed by atoms with Crippen molar-refractivity contribution in [3.05, 3.63) is 59.9 Å². The summed E-state index contributed by atoms with van der Waals surface area (Å²) >= 11 is 0. The highest BCUT2D eigenvalue weighted by Gasteiger charge is 2.29. The summed E-state index contributed by atoms with van der Waals surface area (Å²) < 4.78 is 13.4. The van der Waals surface area contributed by atoms with E-state index in [1.165, 1.54) is 12.1 Å². The second-order valence-electron chi connectivity index (χ2n) is 7.17. The first-order valence-electron chi connectivity index (χ1n) is 9.41. The van der Waals surface area contributed by atoms with Crippen LogP contribution in [-0.4, -0.2) is 55.8 Å². The lowest BCUT2D eigenvalue weighted by molar-refractivity contribution is -0.125. The van der Waals surface area contributed by atoms with Crippen LogP contribution >= 0.6 is 0 Å². The maximum absolute atomic E-state index is 13.4. The van der Waals surface area contributed by atoms with Crippen LogP contribution in [0.3, 0.4) is 0 Å². The molecule has 0 saturated carbocycles. The van der Waals surface area contributed by atoms with Crippen molar-refractivity contribution >= 4 is 23.0 Å². The SMILES string of the molecule is CN1CCN(c2ccc(NC(=O)C3CC(c4cccc(F)c4)=NO3)cc2)CC1. The zero-order chi connectivity index (χ0) is 19.5. The van der Waals surface area contributed by atoms with Gasteiger partial charge in [-0.15, -0.1) is 0 Å². The number of piperazine rings is 1. The number of oxime groups is 1. The molecule has 2 aromatic carbocycles. The summed E-state index contributed by atoms with van der Waals surface area (Å²) in [6.45, 7) is 4.09. The Bertz CT molecular complexity index is 876. The summed E-state index contributed by atoms with van der Waals surface area (Å²) in [5.74, 6) is -0.601. The van der Waals surface area contributed by atoms with Gasteiger partial charge < -0.3 is 20.0 Å². The molecule has 2 aliphatic rings. The fourth-order valence-corrected chi connectivity index (χ4v) is 3.40. The van der Waals surface area contributed by atoms with E-state index in [0.29, 0.717) is 23.4 Å². The van der Waals surface area contributed by atoms with Crippen LogP contribution < -0.4 is 10.2 Å². The zero-order valence-corrected chi connectivity index (χ0v) is 15.8. The Hall–Kier alpha value is -2.93. The number of hydrogen-bond acceptors (Lipinski definition) is 5.